The number of anilines is 3. The number of morpholine rings is 1. The number of rotatable bonds is 5. The van der Waals surface area contributed by atoms with Gasteiger partial charge in [0.25, 0.3) is 0 Å². The molecule has 3 heterocycles. The lowest BCUT2D eigenvalue weighted by atomic mass is 10.1. The highest BCUT2D eigenvalue weighted by molar-refractivity contribution is 6.29. The largest absolute Gasteiger partial charge is 0.378 e. The second-order valence-corrected chi connectivity index (χ2v) is 7.81. The number of pyridine rings is 1. The van der Waals surface area contributed by atoms with Gasteiger partial charge in [-0.2, -0.15) is 0 Å². The summed E-state index contributed by atoms with van der Waals surface area (Å²) >= 11 is 5.77. The number of carbonyl (C=O) groups excluding carboxylic acids is 1. The van der Waals surface area contributed by atoms with Crippen molar-refractivity contribution in [1.29, 1.82) is 0 Å². The second-order valence-electron chi connectivity index (χ2n) is 7.42. The van der Waals surface area contributed by atoms with Gasteiger partial charge in [-0.1, -0.05) is 18.5 Å². The van der Waals surface area contributed by atoms with Gasteiger partial charge in [-0.3, -0.25) is 0 Å². The predicted molar refractivity (Wildman–Crippen MR) is 127 cm³/mol. The summed E-state index contributed by atoms with van der Waals surface area (Å²) in [6.45, 7) is 7.23. The van der Waals surface area contributed by atoms with Crippen molar-refractivity contribution in [2.75, 3.05) is 41.8 Å². The Morgan fingerprint density at radius 3 is 2.41 bits per heavy atom. The molecule has 1 aliphatic heterocycles. The smallest absolute Gasteiger partial charge is 0.323 e. The SMILES string of the molecule is CCc1nc(-c2ccc(NC(=O)Nc3ccc(Cl)nc3)cc2)nc(N2CCOCC2)c1C. The number of benzene rings is 1. The van der Waals surface area contributed by atoms with E-state index in [9.17, 15) is 4.79 Å². The van der Waals surface area contributed by atoms with Gasteiger partial charge in [-0.15, -0.1) is 0 Å². The van der Waals surface area contributed by atoms with Gasteiger partial charge < -0.3 is 20.3 Å². The number of aromatic nitrogens is 3. The van der Waals surface area contributed by atoms with Crippen LogP contribution in [0, 0.1) is 6.92 Å². The molecule has 0 saturated carbocycles. The minimum absolute atomic E-state index is 0.365. The number of nitrogens with one attached hydrogen (secondary N) is 2. The van der Waals surface area contributed by atoms with Gasteiger partial charge in [0.05, 0.1) is 25.1 Å². The maximum atomic E-state index is 12.2. The quantitative estimate of drug-likeness (QED) is 0.552. The topological polar surface area (TPSA) is 92.3 Å². The van der Waals surface area contributed by atoms with Crippen LogP contribution < -0.4 is 15.5 Å². The molecule has 1 saturated heterocycles. The first-order valence-electron chi connectivity index (χ1n) is 10.5. The Morgan fingerprint density at radius 1 is 1.06 bits per heavy atom. The van der Waals surface area contributed by atoms with Gasteiger partial charge in [0, 0.05) is 35.6 Å². The van der Waals surface area contributed by atoms with Crippen LogP contribution in [0.25, 0.3) is 11.4 Å². The van der Waals surface area contributed by atoms with Gasteiger partial charge in [-0.25, -0.2) is 19.7 Å². The third-order valence-electron chi connectivity index (χ3n) is 5.25. The Hall–Kier alpha value is -3.23. The maximum Gasteiger partial charge on any atom is 0.323 e. The zero-order chi connectivity index (χ0) is 22.5. The van der Waals surface area contributed by atoms with Crippen LogP contribution in [0.1, 0.15) is 18.2 Å². The number of amides is 2. The number of urea groups is 1. The average molecular weight is 453 g/mol. The Labute approximate surface area is 192 Å². The molecule has 8 nitrogen and oxygen atoms in total. The van der Waals surface area contributed by atoms with Crippen LogP contribution in [0.4, 0.5) is 22.0 Å². The standard InChI is InChI=1S/C23H25ClN6O2/c1-3-19-15(2)22(30-10-12-32-13-11-30)29-21(28-19)16-4-6-17(7-5-16)26-23(31)27-18-8-9-20(24)25-14-18/h4-9,14H,3,10-13H2,1-2H3,(H2,26,27,31). The molecule has 1 aliphatic rings. The lowest BCUT2D eigenvalue weighted by molar-refractivity contribution is 0.122. The van der Waals surface area contributed by atoms with Crippen LogP contribution >= 0.6 is 11.6 Å². The van der Waals surface area contributed by atoms with E-state index in [1.165, 1.54) is 6.20 Å². The molecule has 166 valence electrons. The highest BCUT2D eigenvalue weighted by Gasteiger charge is 2.19. The molecule has 9 heteroatoms. The van der Waals surface area contributed by atoms with Gasteiger partial charge >= 0.3 is 6.03 Å². The predicted octanol–water partition coefficient (Wildman–Crippen LogP) is 4.54. The Kier molecular flexibility index (Phi) is 6.82. The fourth-order valence-corrected chi connectivity index (χ4v) is 3.66. The monoisotopic (exact) mass is 452 g/mol. The molecule has 0 bridgehead atoms. The highest BCUT2D eigenvalue weighted by Crippen LogP contribution is 2.26. The van der Waals surface area contributed by atoms with Crippen molar-refractivity contribution in [2.24, 2.45) is 0 Å². The molecule has 1 aromatic carbocycles. The molecular formula is C23H25ClN6O2. The number of halogens is 1. The van der Waals surface area contributed by atoms with Gasteiger partial charge in [0.15, 0.2) is 5.82 Å². The normalized spacial score (nSPS) is 13.7. The summed E-state index contributed by atoms with van der Waals surface area (Å²) in [4.78, 5) is 28.1. The summed E-state index contributed by atoms with van der Waals surface area (Å²) < 4.78 is 5.49. The first-order valence-corrected chi connectivity index (χ1v) is 10.9. The summed E-state index contributed by atoms with van der Waals surface area (Å²) in [5.74, 6) is 1.64. The zero-order valence-electron chi connectivity index (χ0n) is 18.1. The maximum absolute atomic E-state index is 12.2. The highest BCUT2D eigenvalue weighted by atomic mass is 35.5. The van der Waals surface area contributed by atoms with E-state index in [0.717, 1.165) is 42.1 Å². The van der Waals surface area contributed by atoms with Crippen molar-refractivity contribution in [2.45, 2.75) is 20.3 Å². The average Bonchev–Trinajstić information content (AvgIpc) is 2.82. The molecule has 0 aliphatic carbocycles. The third-order valence-corrected chi connectivity index (χ3v) is 5.48. The Morgan fingerprint density at radius 2 is 1.75 bits per heavy atom. The van der Waals surface area contributed by atoms with E-state index in [1.807, 2.05) is 24.3 Å². The van der Waals surface area contributed by atoms with E-state index in [-0.39, 0.29) is 6.03 Å². The van der Waals surface area contributed by atoms with Crippen LogP contribution in [0.5, 0.6) is 0 Å². The molecule has 0 spiro atoms. The zero-order valence-corrected chi connectivity index (χ0v) is 18.8. The molecule has 0 radical (unpaired) electrons. The summed E-state index contributed by atoms with van der Waals surface area (Å²) in [7, 11) is 0. The number of carbonyl (C=O) groups is 1. The number of ether oxygens (including phenoxy) is 1. The van der Waals surface area contributed by atoms with E-state index in [0.29, 0.717) is 35.6 Å². The minimum Gasteiger partial charge on any atom is -0.378 e. The summed E-state index contributed by atoms with van der Waals surface area (Å²) in [6.07, 6.45) is 2.33. The van der Waals surface area contributed by atoms with Gasteiger partial charge in [-0.05, 0) is 49.7 Å². The van der Waals surface area contributed by atoms with E-state index < -0.39 is 0 Å². The molecular weight excluding hydrogens is 428 g/mol. The summed E-state index contributed by atoms with van der Waals surface area (Å²) in [6, 6.07) is 10.4. The Bertz CT molecular complexity index is 1080. The summed E-state index contributed by atoms with van der Waals surface area (Å²) in [5, 5.41) is 5.89. The van der Waals surface area contributed by atoms with Crippen molar-refractivity contribution in [3.05, 3.63) is 59.0 Å². The van der Waals surface area contributed by atoms with Crippen molar-refractivity contribution in [3.8, 4) is 11.4 Å². The van der Waals surface area contributed by atoms with Crippen LogP contribution in [-0.2, 0) is 11.2 Å². The van der Waals surface area contributed by atoms with Crippen LogP contribution in [0.3, 0.4) is 0 Å². The fourth-order valence-electron chi connectivity index (χ4n) is 3.55. The molecule has 3 aromatic rings. The molecule has 2 aromatic heterocycles. The lowest BCUT2D eigenvalue weighted by Crippen LogP contribution is -2.37. The first kappa shape index (κ1) is 22.0. The van der Waals surface area contributed by atoms with Crippen molar-refractivity contribution in [1.82, 2.24) is 15.0 Å². The van der Waals surface area contributed by atoms with E-state index >= 15 is 0 Å². The van der Waals surface area contributed by atoms with Gasteiger partial charge in [0.1, 0.15) is 11.0 Å². The van der Waals surface area contributed by atoms with E-state index in [2.05, 4.69) is 34.4 Å². The molecule has 2 N–H and O–H groups in total. The molecule has 0 atom stereocenters. The minimum atomic E-state index is -0.365. The van der Waals surface area contributed by atoms with Crippen LogP contribution in [-0.4, -0.2) is 47.3 Å². The number of hydrogen-bond acceptors (Lipinski definition) is 6. The van der Waals surface area contributed by atoms with E-state index in [4.69, 9.17) is 26.3 Å². The third kappa shape index (κ3) is 5.15. The number of nitrogens with zero attached hydrogens (tertiary/aromatic N) is 4. The van der Waals surface area contributed by atoms with Crippen molar-refractivity contribution in [3.63, 3.8) is 0 Å². The number of hydrogen-bond donors (Lipinski definition) is 2. The molecule has 32 heavy (non-hydrogen) atoms. The van der Waals surface area contributed by atoms with Gasteiger partial charge in [0.2, 0.25) is 0 Å². The van der Waals surface area contributed by atoms with Crippen LogP contribution in [0.15, 0.2) is 42.6 Å². The van der Waals surface area contributed by atoms with Crippen molar-refractivity contribution < 1.29 is 9.53 Å². The lowest BCUT2D eigenvalue weighted by Gasteiger charge is -2.29. The van der Waals surface area contributed by atoms with E-state index in [1.54, 1.807) is 12.1 Å². The molecule has 4 rings (SSSR count). The molecule has 0 unspecified atom stereocenters. The van der Waals surface area contributed by atoms with Crippen molar-refractivity contribution >= 4 is 34.8 Å². The molecule has 1 fully saturated rings. The second kappa shape index (κ2) is 9.93. The van der Waals surface area contributed by atoms with Crippen LogP contribution in [0.2, 0.25) is 5.15 Å². The molecule has 2 amide bonds. The summed E-state index contributed by atoms with van der Waals surface area (Å²) in [5.41, 5.74) is 4.25. The number of aryl methyl sites for hydroxylation is 1. The Balaban J connectivity index is 1.50. The first-order chi connectivity index (χ1) is 15.5. The fraction of sp³-hybridized carbons (Fsp3) is 0.304.